The second-order valence-electron chi connectivity index (χ2n) is 8.85. The van der Waals surface area contributed by atoms with Crippen LogP contribution < -0.4 is 0 Å². The number of nitrogens with zero attached hydrogens (tertiary/aromatic N) is 2. The third-order valence-electron chi connectivity index (χ3n) is 6.25. The van der Waals surface area contributed by atoms with Gasteiger partial charge in [0, 0.05) is 43.2 Å². The van der Waals surface area contributed by atoms with Crippen LogP contribution in [0.1, 0.15) is 65.4 Å². The summed E-state index contributed by atoms with van der Waals surface area (Å²) >= 11 is 6.57. The molecule has 0 spiro atoms. The van der Waals surface area contributed by atoms with Crippen LogP contribution in [0.15, 0.2) is 24.3 Å². The molecule has 5 nitrogen and oxygen atoms in total. The molecule has 1 fully saturated rings. The monoisotopic (exact) mass is 436 g/mol. The molecule has 6 heteroatoms. The molecule has 30 heavy (non-hydrogen) atoms. The molecule has 1 aromatic rings. The highest BCUT2D eigenvalue weighted by atomic mass is 35.5. The number of hydrogen-bond acceptors (Lipinski definition) is 4. The van der Waals surface area contributed by atoms with E-state index in [0.717, 1.165) is 32.4 Å². The number of likely N-dealkylation sites (tertiary alicyclic amines) is 1. The lowest BCUT2D eigenvalue weighted by Crippen LogP contribution is -2.48. The Morgan fingerprint density at radius 1 is 1.10 bits per heavy atom. The van der Waals surface area contributed by atoms with E-state index in [1.807, 2.05) is 23.1 Å². The summed E-state index contributed by atoms with van der Waals surface area (Å²) in [5, 5.41) is 0.495. The van der Waals surface area contributed by atoms with Crippen LogP contribution in [0, 0.1) is 0 Å². The lowest BCUT2D eigenvalue weighted by molar-refractivity contribution is -0.152. The summed E-state index contributed by atoms with van der Waals surface area (Å²) in [6, 6.07) is 8.00. The number of halogens is 1. The number of carbonyl (C=O) groups is 2. The van der Waals surface area contributed by atoms with Crippen LogP contribution >= 0.6 is 11.6 Å². The molecule has 0 aliphatic carbocycles. The third-order valence-corrected chi connectivity index (χ3v) is 6.58. The first-order chi connectivity index (χ1) is 14.2. The Labute approximate surface area is 186 Å². The fourth-order valence-electron chi connectivity index (χ4n) is 4.59. The van der Waals surface area contributed by atoms with Gasteiger partial charge in [-0.15, -0.1) is 0 Å². The average Bonchev–Trinajstić information content (AvgIpc) is 2.72. The molecule has 1 unspecified atom stereocenters. The number of ether oxygens (including phenoxy) is 1. The van der Waals surface area contributed by atoms with E-state index >= 15 is 0 Å². The zero-order valence-corrected chi connectivity index (χ0v) is 19.9. The molecule has 1 amide bonds. The number of rotatable bonds is 9. The third kappa shape index (κ3) is 5.76. The van der Waals surface area contributed by atoms with Crippen molar-refractivity contribution in [1.82, 2.24) is 9.80 Å². The number of carbonyl (C=O) groups excluding carboxylic acids is 2. The smallest absolute Gasteiger partial charge is 0.316 e. The average molecular weight is 437 g/mol. The minimum Gasteiger partial charge on any atom is -0.468 e. The van der Waals surface area contributed by atoms with Crippen molar-refractivity contribution in [1.29, 1.82) is 0 Å². The molecule has 1 atom stereocenters. The van der Waals surface area contributed by atoms with Crippen LogP contribution in [0.4, 0.5) is 0 Å². The summed E-state index contributed by atoms with van der Waals surface area (Å²) in [5.74, 6) is -0.394. The summed E-state index contributed by atoms with van der Waals surface area (Å²) in [5.41, 5.74) is -0.430. The van der Waals surface area contributed by atoms with Gasteiger partial charge in [-0.05, 0) is 65.0 Å². The first-order valence-corrected chi connectivity index (χ1v) is 11.5. The van der Waals surface area contributed by atoms with E-state index in [9.17, 15) is 9.59 Å². The van der Waals surface area contributed by atoms with E-state index in [2.05, 4.69) is 32.6 Å². The van der Waals surface area contributed by atoms with Crippen molar-refractivity contribution in [2.24, 2.45) is 0 Å². The van der Waals surface area contributed by atoms with E-state index in [1.54, 1.807) is 6.07 Å². The first-order valence-electron chi connectivity index (χ1n) is 11.1. The molecule has 0 radical (unpaired) electrons. The molecule has 0 N–H and O–H groups in total. The van der Waals surface area contributed by atoms with Gasteiger partial charge in [-0.3, -0.25) is 14.5 Å². The Hall–Kier alpha value is -1.59. The maximum Gasteiger partial charge on any atom is 0.316 e. The van der Waals surface area contributed by atoms with Crippen molar-refractivity contribution in [2.45, 2.75) is 77.3 Å². The van der Waals surface area contributed by atoms with Crippen molar-refractivity contribution in [3.05, 3.63) is 34.9 Å². The molecule has 1 aliphatic heterocycles. The lowest BCUT2D eigenvalue weighted by Gasteiger charge is -2.38. The van der Waals surface area contributed by atoms with Gasteiger partial charge in [0.25, 0.3) is 0 Å². The molecule has 1 aliphatic rings. The normalized spacial score (nSPS) is 16.8. The van der Waals surface area contributed by atoms with Crippen molar-refractivity contribution >= 4 is 23.5 Å². The summed E-state index contributed by atoms with van der Waals surface area (Å²) in [7, 11) is 1.39. The van der Waals surface area contributed by atoms with Crippen molar-refractivity contribution in [3.8, 4) is 0 Å². The second kappa shape index (κ2) is 11.1. The highest BCUT2D eigenvalue weighted by molar-refractivity contribution is 6.31. The quantitative estimate of drug-likeness (QED) is 0.528. The minimum atomic E-state index is -1.11. The molecule has 1 aromatic carbocycles. The first kappa shape index (κ1) is 24.7. The molecule has 168 valence electrons. The van der Waals surface area contributed by atoms with Gasteiger partial charge in [0.05, 0.1) is 7.11 Å². The van der Waals surface area contributed by atoms with E-state index in [0.29, 0.717) is 35.6 Å². The number of esters is 1. The number of hydrogen-bond donors (Lipinski definition) is 0. The van der Waals surface area contributed by atoms with Gasteiger partial charge >= 0.3 is 5.97 Å². The standard InChI is InChI=1S/C24H37ClN2O3/c1-18(2)27(19(3)4)16-13-24(23(29)30-5,20-11-7-8-12-21(20)25)17-22(28)26-14-9-6-10-15-26/h7-8,11-12,18-19H,6,9-10,13-17H2,1-5H3. The Balaban J connectivity index is 2.45. The topological polar surface area (TPSA) is 49.9 Å². The van der Waals surface area contributed by atoms with Gasteiger partial charge in [-0.25, -0.2) is 0 Å². The Morgan fingerprint density at radius 2 is 1.70 bits per heavy atom. The largest absolute Gasteiger partial charge is 0.468 e. The van der Waals surface area contributed by atoms with Crippen LogP contribution in [-0.2, 0) is 19.7 Å². The van der Waals surface area contributed by atoms with Crippen molar-refractivity contribution in [2.75, 3.05) is 26.7 Å². The van der Waals surface area contributed by atoms with Gasteiger partial charge in [0.15, 0.2) is 0 Å². The van der Waals surface area contributed by atoms with Crippen LogP contribution in [-0.4, -0.2) is 60.5 Å². The number of amides is 1. The summed E-state index contributed by atoms with van der Waals surface area (Å²) in [6.07, 6.45) is 3.72. The fraction of sp³-hybridized carbons (Fsp3) is 0.667. The predicted molar refractivity (Wildman–Crippen MR) is 122 cm³/mol. The fourth-order valence-corrected chi connectivity index (χ4v) is 4.91. The predicted octanol–water partition coefficient (Wildman–Crippen LogP) is 4.66. The van der Waals surface area contributed by atoms with Gasteiger partial charge < -0.3 is 9.64 Å². The van der Waals surface area contributed by atoms with Gasteiger partial charge in [0.1, 0.15) is 5.41 Å². The molecule has 1 saturated heterocycles. The van der Waals surface area contributed by atoms with Crippen molar-refractivity contribution in [3.63, 3.8) is 0 Å². The molecular formula is C24H37ClN2O3. The lowest BCUT2D eigenvalue weighted by atomic mass is 9.74. The zero-order chi connectivity index (χ0) is 22.3. The Morgan fingerprint density at radius 3 is 2.23 bits per heavy atom. The minimum absolute atomic E-state index is 0.000614. The van der Waals surface area contributed by atoms with E-state index in [1.165, 1.54) is 7.11 Å². The highest BCUT2D eigenvalue weighted by Gasteiger charge is 2.45. The van der Waals surface area contributed by atoms with Crippen LogP contribution in [0.5, 0.6) is 0 Å². The number of benzene rings is 1. The molecule has 0 bridgehead atoms. The van der Waals surface area contributed by atoms with Crippen LogP contribution in [0.3, 0.4) is 0 Å². The molecule has 2 rings (SSSR count). The van der Waals surface area contributed by atoms with Gasteiger partial charge in [-0.1, -0.05) is 29.8 Å². The summed E-state index contributed by atoms with van der Waals surface area (Å²) in [6.45, 7) is 10.8. The zero-order valence-electron chi connectivity index (χ0n) is 19.1. The maximum atomic E-state index is 13.3. The summed E-state index contributed by atoms with van der Waals surface area (Å²) < 4.78 is 5.28. The molecule has 0 saturated carbocycles. The number of methoxy groups -OCH3 is 1. The van der Waals surface area contributed by atoms with Crippen LogP contribution in [0.25, 0.3) is 0 Å². The Bertz CT molecular complexity index is 708. The highest BCUT2D eigenvalue weighted by Crippen LogP contribution is 2.39. The van der Waals surface area contributed by atoms with E-state index < -0.39 is 11.4 Å². The van der Waals surface area contributed by atoms with E-state index in [4.69, 9.17) is 16.3 Å². The second-order valence-corrected chi connectivity index (χ2v) is 9.25. The summed E-state index contributed by atoms with van der Waals surface area (Å²) in [4.78, 5) is 30.8. The van der Waals surface area contributed by atoms with Crippen LogP contribution in [0.2, 0.25) is 5.02 Å². The van der Waals surface area contributed by atoms with Gasteiger partial charge in [-0.2, -0.15) is 0 Å². The molecule has 0 aromatic heterocycles. The maximum absolute atomic E-state index is 13.3. The SMILES string of the molecule is COC(=O)C(CCN(C(C)C)C(C)C)(CC(=O)N1CCCCC1)c1ccccc1Cl. The number of piperidine rings is 1. The molecule has 1 heterocycles. The molecular weight excluding hydrogens is 400 g/mol. The van der Waals surface area contributed by atoms with Gasteiger partial charge in [0.2, 0.25) is 5.91 Å². The van der Waals surface area contributed by atoms with E-state index in [-0.39, 0.29) is 12.3 Å². The Kier molecular flexibility index (Phi) is 9.17. The van der Waals surface area contributed by atoms with Crippen molar-refractivity contribution < 1.29 is 14.3 Å².